The predicted octanol–water partition coefficient (Wildman–Crippen LogP) is 8.72. The number of nitrogens with zero attached hydrogens (tertiary/aromatic N) is 8. The number of halogens is 10. The van der Waals surface area contributed by atoms with Gasteiger partial charge in [0.05, 0.1) is 64.5 Å². The van der Waals surface area contributed by atoms with Crippen molar-refractivity contribution < 1.29 is 95.8 Å². The molecule has 0 aliphatic heterocycles. The summed E-state index contributed by atoms with van der Waals surface area (Å²) in [6.45, 7) is 48.6. The van der Waals surface area contributed by atoms with Gasteiger partial charge in [-0.25, -0.2) is 17.6 Å². The van der Waals surface area contributed by atoms with E-state index in [0.717, 1.165) is 0 Å². The van der Waals surface area contributed by atoms with E-state index in [4.69, 9.17) is 0 Å². The van der Waals surface area contributed by atoms with Crippen molar-refractivity contribution in [2.24, 2.45) is 0 Å². The van der Waals surface area contributed by atoms with Gasteiger partial charge >= 0.3 is 33.0 Å². The third-order valence-corrected chi connectivity index (χ3v) is 15.3. The van der Waals surface area contributed by atoms with Crippen LogP contribution in [0.2, 0.25) is 39.3 Å². The van der Waals surface area contributed by atoms with Crippen LogP contribution in [-0.2, 0) is 33.0 Å². The van der Waals surface area contributed by atoms with Crippen LogP contribution in [0.25, 0.3) is 0 Å². The number of rotatable bonds is 13. The molecule has 0 amide bonds. The van der Waals surface area contributed by atoms with Crippen LogP contribution in [0.4, 0.5) is 35.1 Å². The van der Waals surface area contributed by atoms with Crippen molar-refractivity contribution >= 4 is 26.5 Å². The molecule has 4 aromatic heterocycles. The summed E-state index contributed by atoms with van der Waals surface area (Å²) in [5.41, 5.74) is 0. The number of aromatic nitrogens is 8. The Kier molecular flexibility index (Phi) is 43.5. The Hall–Kier alpha value is -4.00. The third kappa shape index (κ3) is 30.2. The molecule has 8 nitrogen and oxygen atoms in total. The van der Waals surface area contributed by atoms with Gasteiger partial charge in [-0.1, -0.05) is 89.2 Å². The largest absolute Gasteiger partial charge is 2.00 e. The molecule has 0 atom stereocenters. The van der Waals surface area contributed by atoms with Gasteiger partial charge in [0.1, 0.15) is 0 Å². The summed E-state index contributed by atoms with van der Waals surface area (Å²) < 4.78 is 120. The Balaban J connectivity index is -0.000000282. The SMILES string of the molecule is CC(C)n1[c-][n+](C(C)C)cc1.CC(C)n1[c-][n+](C(C)C)cc1.CC(C)n1[c-][n+](C(C)C)cc1.CC(C)n1[c-][n+](C(C)C)cc1.CCCCCC.C[Si](C)(C)c1c(F)c(F)[c-]c(F)c1F.C[Si](C)(C)c1c(F)c(F)[c-]c(F)c1F.[F-].[F-].[Ni+2].[Ni+2]. The molecule has 0 fully saturated rings. The van der Waals surface area contributed by atoms with Crippen LogP contribution in [0.5, 0.6) is 0 Å². The van der Waals surface area contributed by atoms with Crippen LogP contribution >= 0.6 is 0 Å². The van der Waals surface area contributed by atoms with E-state index in [1.807, 2.05) is 0 Å². The average molecular weight is 1290 g/mol. The van der Waals surface area contributed by atoms with Gasteiger partial charge in [0, 0.05) is 46.5 Å². The van der Waals surface area contributed by atoms with Crippen molar-refractivity contribution in [2.75, 3.05) is 0 Å². The summed E-state index contributed by atoms with van der Waals surface area (Å²) in [7, 11) is -4.87. The molecule has 0 unspecified atom stereocenters. The zero-order valence-corrected chi connectivity index (χ0v) is 57.0. The molecule has 6 aromatic rings. The Morgan fingerprint density at radius 1 is 0.366 bits per heavy atom. The fourth-order valence-electron chi connectivity index (χ4n) is 6.54. The summed E-state index contributed by atoms with van der Waals surface area (Å²) in [4.78, 5) is 0. The Morgan fingerprint density at radius 2 is 0.537 bits per heavy atom. The van der Waals surface area contributed by atoms with Gasteiger partial charge in [0.25, 0.3) is 0 Å². The van der Waals surface area contributed by atoms with Crippen LogP contribution in [0.1, 0.15) is 199 Å². The maximum atomic E-state index is 13.2. The van der Waals surface area contributed by atoms with Crippen LogP contribution in [0.3, 0.4) is 0 Å². The van der Waals surface area contributed by atoms with E-state index in [2.05, 4.69) is 236 Å². The van der Waals surface area contributed by atoms with E-state index in [1.54, 1.807) is 39.3 Å². The first-order valence-corrected chi connectivity index (χ1v) is 34.4. The smallest absolute Gasteiger partial charge is 1.00 e. The molecule has 22 heteroatoms. The molecule has 0 radical (unpaired) electrons. The number of imidazole rings is 4. The second-order valence-electron chi connectivity index (χ2n) is 23.3. The fraction of sp³-hybridized carbons (Fsp3) is 0.600. The van der Waals surface area contributed by atoms with Crippen LogP contribution in [0, 0.1) is 84.0 Å². The van der Waals surface area contributed by atoms with Crippen molar-refractivity contribution in [3.8, 4) is 0 Å². The Labute approximate surface area is 509 Å². The monoisotopic (exact) mass is 1290 g/mol. The zero-order chi connectivity index (χ0) is 60.7. The number of hydrogen-bond donors (Lipinski definition) is 0. The van der Waals surface area contributed by atoms with Gasteiger partial charge in [-0.05, 0) is 160 Å². The molecule has 0 N–H and O–H groups in total. The van der Waals surface area contributed by atoms with Crippen molar-refractivity contribution in [1.82, 2.24) is 18.3 Å². The van der Waals surface area contributed by atoms with Gasteiger partial charge < -0.3 is 45.9 Å². The zero-order valence-electron chi connectivity index (χ0n) is 53.1. The summed E-state index contributed by atoms with van der Waals surface area (Å²) >= 11 is 0. The van der Waals surface area contributed by atoms with Gasteiger partial charge in [0.2, 0.25) is 25.3 Å². The summed E-state index contributed by atoms with van der Waals surface area (Å²) in [5, 5.41) is -0.905. The van der Waals surface area contributed by atoms with E-state index in [1.165, 1.54) is 37.8 Å². The van der Waals surface area contributed by atoms with Gasteiger partial charge in [0.15, 0.2) is 0 Å². The summed E-state index contributed by atoms with van der Waals surface area (Å²) in [5.74, 6) is -11.1. The normalized spacial score (nSPS) is 10.9. The molecule has 2 aromatic carbocycles. The van der Waals surface area contributed by atoms with Crippen molar-refractivity contribution in [3.05, 3.63) is 134 Å². The number of hydrogen-bond acceptors (Lipinski definition) is 0. The molecule has 0 aliphatic carbocycles. The molecule has 0 saturated carbocycles. The second-order valence-corrected chi connectivity index (χ2v) is 33.3. The summed E-state index contributed by atoms with van der Waals surface area (Å²) in [6, 6.07) is 6.79. The molecule has 6 rings (SSSR count). The molecule has 4 heterocycles. The van der Waals surface area contributed by atoms with Crippen molar-refractivity contribution in [2.45, 2.75) is 238 Å². The number of benzene rings is 2. The van der Waals surface area contributed by atoms with E-state index in [0.29, 0.717) is 48.3 Å². The van der Waals surface area contributed by atoms with Crippen LogP contribution in [0.15, 0.2) is 49.6 Å². The van der Waals surface area contributed by atoms with E-state index in [-0.39, 0.29) is 42.4 Å². The first-order chi connectivity index (χ1) is 35.8. The molecule has 0 spiro atoms. The van der Waals surface area contributed by atoms with E-state index >= 15 is 0 Å². The quantitative estimate of drug-likeness (QED) is 0.0278. The van der Waals surface area contributed by atoms with Crippen LogP contribution in [-0.4, -0.2) is 34.4 Å². The Bertz CT molecular complexity index is 2210. The minimum atomic E-state index is -2.44. The van der Waals surface area contributed by atoms with E-state index in [9.17, 15) is 35.1 Å². The molecule has 82 heavy (non-hydrogen) atoms. The second kappa shape index (κ2) is 41.1. The molecule has 474 valence electrons. The van der Waals surface area contributed by atoms with Crippen molar-refractivity contribution in [1.29, 1.82) is 0 Å². The number of unbranched alkanes of at least 4 members (excludes halogenated alkanes) is 3. The molecule has 0 aliphatic rings. The summed E-state index contributed by atoms with van der Waals surface area (Å²) in [6.07, 6.45) is 35.0. The fourth-order valence-corrected chi connectivity index (χ4v) is 9.61. The third-order valence-electron chi connectivity index (χ3n) is 11.5. The maximum Gasteiger partial charge on any atom is 2.00 e. The molecular weight excluding hydrogens is 1200 g/mol. The molecule has 0 saturated heterocycles. The predicted molar refractivity (Wildman–Crippen MR) is 303 cm³/mol. The topological polar surface area (TPSA) is 35.2 Å². The van der Waals surface area contributed by atoms with Gasteiger partial charge in [-0.2, -0.15) is 0 Å². The average Bonchev–Trinajstić information content (AvgIpc) is 4.18. The van der Waals surface area contributed by atoms with E-state index < -0.39 is 73.1 Å². The standard InChI is InChI=1S/2C9H9F4Si.4C9H16N2.C6H14.2FH.2Ni/c2*1-14(2,3)9-7(12)5(10)4-6(11)8(9)13;4*1-8(2)10-5-6-11(7-10)9(3)4;1-3-5-6-4-2;;;;/h2*1-3H3;4*5-6,8-9H,1-4H3;3-6H2,1-2H3;2*1H;;/q2*-1;;;;;;;;2*+2/p-2. The Morgan fingerprint density at radius 3 is 0.634 bits per heavy atom. The maximum absolute atomic E-state index is 13.2. The molecular formula is C60H96F10N8Ni2Si2. The van der Waals surface area contributed by atoms with Gasteiger partial charge in [-0.3, -0.25) is 17.6 Å². The first kappa shape index (κ1) is 86.8. The molecule has 0 bridgehead atoms. The van der Waals surface area contributed by atoms with Crippen LogP contribution < -0.4 is 38.1 Å². The van der Waals surface area contributed by atoms with Crippen molar-refractivity contribution in [3.63, 3.8) is 0 Å². The first-order valence-electron chi connectivity index (χ1n) is 27.4. The minimum Gasteiger partial charge on any atom is -1.00 e. The van der Waals surface area contributed by atoms with Gasteiger partial charge in [-0.15, -0.1) is 12.1 Å². The minimum absolute atomic E-state index is 0.